The molecule has 0 saturated carbocycles. The second kappa shape index (κ2) is 13.6. The molecule has 3 aliphatic heterocycles. The van der Waals surface area contributed by atoms with Crippen molar-refractivity contribution < 1.29 is 33.9 Å². The molecule has 3 amide bonds. The molecule has 0 spiro atoms. The smallest absolute Gasteiger partial charge is 0.447 e. The first kappa shape index (κ1) is 30.6. The molecule has 3 saturated heterocycles. The molecule has 0 aromatic heterocycles. The molecule has 1 aromatic rings. The molecule has 3 heterocycles. The molecule has 0 bridgehead atoms. The molecule has 41 heavy (non-hydrogen) atoms. The number of rotatable bonds is 10. The number of carbonyl (C=O) groups is 3. The van der Waals surface area contributed by atoms with Crippen molar-refractivity contribution >= 4 is 25.2 Å². The van der Waals surface area contributed by atoms with Crippen LogP contribution in [-0.4, -0.2) is 113 Å². The van der Waals surface area contributed by atoms with Gasteiger partial charge < -0.3 is 29.7 Å². The number of carbonyl (C=O) groups excluding carboxylic acids is 3. The van der Waals surface area contributed by atoms with Crippen molar-refractivity contribution in [1.29, 1.82) is 5.26 Å². The molecule has 0 aliphatic carbocycles. The van der Waals surface area contributed by atoms with E-state index in [4.69, 9.17) is 9.47 Å². The zero-order chi connectivity index (χ0) is 29.6. The summed E-state index contributed by atoms with van der Waals surface area (Å²) in [6.07, 6.45) is 0.798. The normalized spacial score (nSPS) is 22.7. The number of piperazine rings is 1. The van der Waals surface area contributed by atoms with Gasteiger partial charge in [-0.15, -0.1) is 0 Å². The molecule has 3 aliphatic rings. The number of fused-ring (bicyclic) bond motifs is 1. The highest BCUT2D eigenvalue weighted by Gasteiger charge is 2.42. The lowest BCUT2D eigenvalue weighted by Crippen LogP contribution is -2.58. The number of nitriles is 1. The van der Waals surface area contributed by atoms with Gasteiger partial charge in [0.25, 0.3) is 0 Å². The van der Waals surface area contributed by atoms with Crippen LogP contribution in [0.2, 0.25) is 0 Å². The summed E-state index contributed by atoms with van der Waals surface area (Å²) in [5.41, 5.74) is 0.558. The van der Waals surface area contributed by atoms with Crippen molar-refractivity contribution in [1.82, 2.24) is 20.0 Å². The van der Waals surface area contributed by atoms with Crippen LogP contribution < -0.4 is 5.32 Å². The largest absolute Gasteiger partial charge is 0.475 e. The van der Waals surface area contributed by atoms with Crippen molar-refractivity contribution in [2.45, 2.75) is 69.6 Å². The summed E-state index contributed by atoms with van der Waals surface area (Å²) in [6.45, 7) is 7.22. The van der Waals surface area contributed by atoms with E-state index in [1.165, 1.54) is 0 Å². The highest BCUT2D eigenvalue weighted by Crippen LogP contribution is 2.29. The fourth-order valence-corrected chi connectivity index (χ4v) is 5.83. The summed E-state index contributed by atoms with van der Waals surface area (Å²) in [4.78, 5) is 43.4. The Bertz CT molecular complexity index is 1110. The first-order valence-electron chi connectivity index (χ1n) is 14.3. The van der Waals surface area contributed by atoms with Gasteiger partial charge in [-0.3, -0.25) is 14.6 Å². The van der Waals surface area contributed by atoms with Crippen LogP contribution in [0.4, 0.5) is 9.59 Å². The Morgan fingerprint density at radius 1 is 1.22 bits per heavy atom. The van der Waals surface area contributed by atoms with Gasteiger partial charge >= 0.3 is 19.3 Å². The maximum atomic E-state index is 13.3. The molecule has 1 unspecified atom stereocenters. The predicted octanol–water partition coefficient (Wildman–Crippen LogP) is 1.16. The first-order chi connectivity index (χ1) is 19.6. The van der Waals surface area contributed by atoms with Crippen molar-refractivity contribution in [2.24, 2.45) is 5.92 Å². The van der Waals surface area contributed by atoms with Gasteiger partial charge in [-0.05, 0) is 51.5 Å². The Kier molecular flexibility index (Phi) is 10.1. The van der Waals surface area contributed by atoms with Crippen LogP contribution in [0.1, 0.15) is 45.1 Å². The number of hydrogen-bond acceptors (Lipinski definition) is 9. The minimum absolute atomic E-state index is 0.0284. The highest BCUT2D eigenvalue weighted by molar-refractivity contribution is 6.43. The van der Waals surface area contributed by atoms with Crippen molar-refractivity contribution in [2.75, 3.05) is 39.3 Å². The second-order valence-electron chi connectivity index (χ2n) is 11.7. The van der Waals surface area contributed by atoms with E-state index < -0.39 is 31.2 Å². The number of cyclic esters (lactones) is 1. The Hall–Kier alpha value is -3.34. The maximum Gasteiger partial charge on any atom is 0.475 e. The van der Waals surface area contributed by atoms with Crippen LogP contribution in [0.5, 0.6) is 0 Å². The Balaban J connectivity index is 1.26. The van der Waals surface area contributed by atoms with Gasteiger partial charge in [0.1, 0.15) is 18.6 Å². The fourth-order valence-electron chi connectivity index (χ4n) is 5.83. The third-order valence-electron chi connectivity index (χ3n) is 8.40. The quantitative estimate of drug-likeness (QED) is 0.352. The summed E-state index contributed by atoms with van der Waals surface area (Å²) in [5, 5.41) is 31.9. The van der Waals surface area contributed by atoms with Gasteiger partial charge in [-0.1, -0.05) is 30.3 Å². The molecule has 3 fully saturated rings. The average molecular weight is 569 g/mol. The van der Waals surface area contributed by atoms with Gasteiger partial charge in [0.15, 0.2) is 0 Å². The number of benzene rings is 1. The van der Waals surface area contributed by atoms with Crippen LogP contribution in [0.3, 0.4) is 0 Å². The molecule has 4 atom stereocenters. The molecular formula is C28H40BN5O7. The Morgan fingerprint density at radius 2 is 1.98 bits per heavy atom. The lowest BCUT2D eigenvalue weighted by Gasteiger charge is -2.45. The van der Waals surface area contributed by atoms with Crippen LogP contribution in [-0.2, 0) is 20.7 Å². The van der Waals surface area contributed by atoms with Crippen molar-refractivity contribution in [3.8, 4) is 6.07 Å². The molecule has 1 aromatic carbocycles. The average Bonchev–Trinajstić information content (AvgIpc) is 3.33. The van der Waals surface area contributed by atoms with Crippen LogP contribution in [0, 0.1) is 17.2 Å². The summed E-state index contributed by atoms with van der Waals surface area (Å²) in [5.74, 6) is -2.05. The molecule has 12 nitrogen and oxygen atoms in total. The van der Waals surface area contributed by atoms with Crippen LogP contribution in [0.25, 0.3) is 0 Å². The number of nitrogens with one attached hydrogen (secondary N) is 1. The van der Waals surface area contributed by atoms with Gasteiger partial charge in [-0.2, -0.15) is 5.26 Å². The van der Waals surface area contributed by atoms with E-state index in [1.54, 1.807) is 9.80 Å². The zero-order valence-electron chi connectivity index (χ0n) is 23.8. The maximum absolute atomic E-state index is 13.3. The molecule has 3 N–H and O–H groups in total. The first-order valence-corrected chi connectivity index (χ1v) is 14.3. The SMILES string of the molecule is CC(C)(CCC(C#N)C(=O)N1CCC[C@H](OC(=O)N[C@@H](Cc2ccccc2)B(O)O)C1)N1CCN2C(=O)OC[C@H]2C1. The lowest BCUT2D eigenvalue weighted by molar-refractivity contribution is -0.137. The summed E-state index contributed by atoms with van der Waals surface area (Å²) in [7, 11) is -1.77. The minimum Gasteiger partial charge on any atom is -0.447 e. The minimum atomic E-state index is -1.77. The highest BCUT2D eigenvalue weighted by atomic mass is 16.6. The van der Waals surface area contributed by atoms with Crippen molar-refractivity contribution in [3.05, 3.63) is 35.9 Å². The number of alkyl carbamates (subject to hydrolysis) is 1. The summed E-state index contributed by atoms with van der Waals surface area (Å²) < 4.78 is 10.7. The third-order valence-corrected chi connectivity index (χ3v) is 8.40. The number of ether oxygens (including phenoxy) is 2. The van der Waals surface area contributed by atoms with Gasteiger partial charge in [0.05, 0.1) is 24.6 Å². The molecular weight excluding hydrogens is 529 g/mol. The number of likely N-dealkylation sites (tertiary alicyclic amines) is 1. The summed E-state index contributed by atoms with van der Waals surface area (Å²) in [6, 6.07) is 11.4. The topological polar surface area (TPSA) is 156 Å². The Labute approximate surface area is 241 Å². The lowest BCUT2D eigenvalue weighted by atomic mass is 9.76. The zero-order valence-corrected chi connectivity index (χ0v) is 23.8. The number of amides is 3. The summed E-state index contributed by atoms with van der Waals surface area (Å²) >= 11 is 0. The van der Waals surface area contributed by atoms with Gasteiger partial charge in [0, 0.05) is 31.7 Å². The van der Waals surface area contributed by atoms with E-state index in [0.29, 0.717) is 58.5 Å². The third kappa shape index (κ3) is 7.90. The van der Waals surface area contributed by atoms with E-state index in [-0.39, 0.29) is 36.5 Å². The standard InChI is InChI=1S/C28H40BN5O7/c1-28(2,33-13-14-34-22(17-33)19-40-27(34)37)11-10-21(16-30)25(35)32-12-6-9-23(18-32)41-26(36)31-24(29(38)39)15-20-7-4-3-5-8-20/h3-5,7-8,21-24,38-39H,6,9-15,17-19H2,1-2H3,(H,31,36)/t21?,22-,23+,24+/m1/s1. The van der Waals surface area contributed by atoms with E-state index >= 15 is 0 Å². The predicted molar refractivity (Wildman–Crippen MR) is 149 cm³/mol. The molecule has 0 radical (unpaired) electrons. The number of hydrogen-bond donors (Lipinski definition) is 3. The number of nitrogens with zero attached hydrogens (tertiary/aromatic N) is 4. The Morgan fingerprint density at radius 3 is 2.68 bits per heavy atom. The van der Waals surface area contributed by atoms with E-state index in [1.807, 2.05) is 30.3 Å². The van der Waals surface area contributed by atoms with Crippen LogP contribution >= 0.6 is 0 Å². The van der Waals surface area contributed by atoms with E-state index in [2.05, 4.69) is 30.1 Å². The monoisotopic (exact) mass is 569 g/mol. The second-order valence-corrected chi connectivity index (χ2v) is 11.7. The van der Waals surface area contributed by atoms with E-state index in [9.17, 15) is 29.7 Å². The van der Waals surface area contributed by atoms with Crippen molar-refractivity contribution in [3.63, 3.8) is 0 Å². The van der Waals surface area contributed by atoms with E-state index in [0.717, 1.165) is 5.56 Å². The molecule has 222 valence electrons. The van der Waals surface area contributed by atoms with Crippen LogP contribution in [0.15, 0.2) is 30.3 Å². The fraction of sp³-hybridized carbons (Fsp3) is 0.643. The van der Waals surface area contributed by atoms with Gasteiger partial charge in [0.2, 0.25) is 5.91 Å². The number of piperidine rings is 1. The molecule has 4 rings (SSSR count). The van der Waals surface area contributed by atoms with Gasteiger partial charge in [-0.25, -0.2) is 9.59 Å². The molecule has 13 heteroatoms.